The molecule has 0 unspecified atom stereocenters. The molecule has 1 aliphatic rings. The van der Waals surface area contributed by atoms with Crippen LogP contribution in [0.5, 0.6) is 0 Å². The van der Waals surface area contributed by atoms with Gasteiger partial charge in [0, 0.05) is 51.4 Å². The molecule has 1 aliphatic heterocycles. The molecule has 2 heterocycles. The van der Waals surface area contributed by atoms with Crippen LogP contribution in [0.25, 0.3) is 0 Å². The van der Waals surface area contributed by atoms with Gasteiger partial charge in [0.1, 0.15) is 5.76 Å². The third-order valence-electron chi connectivity index (χ3n) is 4.18. The summed E-state index contributed by atoms with van der Waals surface area (Å²) in [6.45, 7) is 12.1. The predicted molar refractivity (Wildman–Crippen MR) is 87.1 cm³/mol. The zero-order valence-corrected chi connectivity index (χ0v) is 14.8. The molecule has 1 aromatic rings. The molecule has 0 spiro atoms. The highest BCUT2D eigenvalue weighted by Crippen LogP contribution is 2.24. The number of piperazine rings is 1. The van der Waals surface area contributed by atoms with E-state index in [-0.39, 0.29) is 17.2 Å². The summed E-state index contributed by atoms with van der Waals surface area (Å²) in [6.07, 6.45) is 0.986. The lowest BCUT2D eigenvalue weighted by Crippen LogP contribution is -2.50. The van der Waals surface area contributed by atoms with Crippen molar-refractivity contribution in [3.63, 3.8) is 0 Å². The number of aromatic nitrogens is 1. The molecule has 0 N–H and O–H groups in total. The number of rotatable bonds is 3. The van der Waals surface area contributed by atoms with E-state index < -0.39 is 0 Å². The third-order valence-corrected chi connectivity index (χ3v) is 4.18. The van der Waals surface area contributed by atoms with E-state index in [0.717, 1.165) is 11.5 Å². The van der Waals surface area contributed by atoms with Crippen molar-refractivity contribution in [3.8, 4) is 0 Å². The fourth-order valence-corrected chi connectivity index (χ4v) is 2.63. The van der Waals surface area contributed by atoms with Gasteiger partial charge in [-0.05, 0) is 6.92 Å². The number of carbonyl (C=O) groups excluding carboxylic acids is 2. The highest BCUT2D eigenvalue weighted by Gasteiger charge is 2.24. The zero-order chi connectivity index (χ0) is 17.2. The molecule has 1 fully saturated rings. The number of hydrogen-bond donors (Lipinski definition) is 0. The summed E-state index contributed by atoms with van der Waals surface area (Å²) >= 11 is 0. The first-order valence-electron chi connectivity index (χ1n) is 8.18. The fourth-order valence-electron chi connectivity index (χ4n) is 2.63. The average Bonchev–Trinajstić information content (AvgIpc) is 2.86. The van der Waals surface area contributed by atoms with E-state index in [1.165, 1.54) is 0 Å². The summed E-state index contributed by atoms with van der Waals surface area (Å²) in [5, 5.41) is 0. The molecule has 6 heteroatoms. The first kappa shape index (κ1) is 17.5. The second-order valence-corrected chi connectivity index (χ2v) is 7.16. The van der Waals surface area contributed by atoms with Crippen LogP contribution in [0.3, 0.4) is 0 Å². The Balaban J connectivity index is 1.88. The number of oxazole rings is 1. The van der Waals surface area contributed by atoms with E-state index in [2.05, 4.69) is 25.8 Å². The maximum atomic E-state index is 12.3. The van der Waals surface area contributed by atoms with E-state index in [0.29, 0.717) is 44.9 Å². The monoisotopic (exact) mass is 321 g/mol. The topological polar surface area (TPSA) is 66.7 Å². The molecule has 0 radical (unpaired) electrons. The average molecular weight is 321 g/mol. The molecular weight excluding hydrogens is 294 g/mol. The molecule has 2 amide bonds. The molecule has 0 bridgehead atoms. The second-order valence-electron chi connectivity index (χ2n) is 7.16. The van der Waals surface area contributed by atoms with Gasteiger partial charge < -0.3 is 14.2 Å². The van der Waals surface area contributed by atoms with Crippen LogP contribution in [0, 0.1) is 6.92 Å². The lowest BCUT2D eigenvalue weighted by Gasteiger charge is -2.34. The van der Waals surface area contributed by atoms with Crippen LogP contribution in [0.2, 0.25) is 0 Å². The van der Waals surface area contributed by atoms with Gasteiger partial charge in [-0.3, -0.25) is 9.59 Å². The maximum Gasteiger partial charge on any atom is 0.223 e. The minimum atomic E-state index is -0.129. The second kappa shape index (κ2) is 6.72. The fraction of sp³-hybridized carbons (Fsp3) is 0.706. The zero-order valence-electron chi connectivity index (χ0n) is 14.8. The van der Waals surface area contributed by atoms with Crippen molar-refractivity contribution < 1.29 is 14.0 Å². The van der Waals surface area contributed by atoms with Crippen LogP contribution >= 0.6 is 0 Å². The predicted octanol–water partition coefficient (Wildman–Crippen LogP) is 1.90. The Morgan fingerprint density at radius 3 is 2.17 bits per heavy atom. The Bertz CT molecular complexity index is 578. The molecule has 0 aromatic carbocycles. The van der Waals surface area contributed by atoms with E-state index >= 15 is 0 Å². The van der Waals surface area contributed by atoms with Gasteiger partial charge in [0.15, 0.2) is 5.89 Å². The normalized spacial score (nSPS) is 15.9. The van der Waals surface area contributed by atoms with Gasteiger partial charge in [0.2, 0.25) is 11.8 Å². The van der Waals surface area contributed by atoms with Gasteiger partial charge >= 0.3 is 0 Å². The standard InChI is InChI=1S/C17H27N3O3/c1-12-14(23-16(18-12)17(3,4)5)6-7-15(22)20-10-8-19(9-11-20)13(2)21/h6-11H2,1-5H3. The number of nitrogens with zero attached hydrogens (tertiary/aromatic N) is 3. The lowest BCUT2D eigenvalue weighted by molar-refractivity contribution is -0.138. The van der Waals surface area contributed by atoms with Crippen molar-refractivity contribution >= 4 is 11.8 Å². The van der Waals surface area contributed by atoms with Crippen LogP contribution in [-0.4, -0.2) is 52.8 Å². The van der Waals surface area contributed by atoms with Crippen molar-refractivity contribution in [2.75, 3.05) is 26.2 Å². The minimum absolute atomic E-state index is 0.0732. The molecule has 6 nitrogen and oxygen atoms in total. The molecule has 128 valence electrons. The first-order valence-corrected chi connectivity index (χ1v) is 8.18. The number of hydrogen-bond acceptors (Lipinski definition) is 4. The first-order chi connectivity index (χ1) is 10.7. The van der Waals surface area contributed by atoms with Crippen molar-refractivity contribution in [3.05, 3.63) is 17.3 Å². The van der Waals surface area contributed by atoms with Crippen LogP contribution in [0.1, 0.15) is 51.5 Å². The van der Waals surface area contributed by atoms with Gasteiger partial charge in [0.25, 0.3) is 0 Å². The smallest absolute Gasteiger partial charge is 0.223 e. The lowest BCUT2D eigenvalue weighted by atomic mass is 9.97. The van der Waals surface area contributed by atoms with E-state index in [4.69, 9.17) is 4.42 Å². The van der Waals surface area contributed by atoms with Gasteiger partial charge in [-0.15, -0.1) is 0 Å². The van der Waals surface area contributed by atoms with E-state index in [9.17, 15) is 9.59 Å². The summed E-state index contributed by atoms with van der Waals surface area (Å²) in [5.41, 5.74) is 0.736. The Hall–Kier alpha value is -1.85. The Morgan fingerprint density at radius 2 is 1.70 bits per heavy atom. The van der Waals surface area contributed by atoms with Crippen LogP contribution in [0.15, 0.2) is 4.42 Å². The van der Waals surface area contributed by atoms with Gasteiger partial charge in [-0.2, -0.15) is 0 Å². The minimum Gasteiger partial charge on any atom is -0.445 e. The Kier molecular flexibility index (Phi) is 5.12. The Morgan fingerprint density at radius 1 is 1.13 bits per heavy atom. The van der Waals surface area contributed by atoms with E-state index in [1.54, 1.807) is 11.8 Å². The van der Waals surface area contributed by atoms with Crippen LogP contribution in [0.4, 0.5) is 0 Å². The number of aryl methyl sites for hydroxylation is 2. The highest BCUT2D eigenvalue weighted by molar-refractivity contribution is 5.77. The van der Waals surface area contributed by atoms with Crippen LogP contribution < -0.4 is 0 Å². The summed E-state index contributed by atoms with van der Waals surface area (Å²) in [4.78, 5) is 31.7. The van der Waals surface area contributed by atoms with Crippen molar-refractivity contribution in [2.45, 2.75) is 52.9 Å². The summed E-state index contributed by atoms with van der Waals surface area (Å²) < 4.78 is 5.83. The summed E-state index contributed by atoms with van der Waals surface area (Å²) in [7, 11) is 0. The third kappa shape index (κ3) is 4.33. The molecule has 1 saturated heterocycles. The van der Waals surface area contributed by atoms with Crippen LogP contribution in [-0.2, 0) is 21.4 Å². The molecule has 0 atom stereocenters. The largest absolute Gasteiger partial charge is 0.445 e. The molecule has 1 aromatic heterocycles. The number of amides is 2. The van der Waals surface area contributed by atoms with Gasteiger partial charge in [-0.25, -0.2) is 4.98 Å². The molecule has 0 saturated carbocycles. The van der Waals surface area contributed by atoms with Gasteiger partial charge in [0.05, 0.1) is 5.69 Å². The highest BCUT2D eigenvalue weighted by atomic mass is 16.4. The molecular formula is C17H27N3O3. The van der Waals surface area contributed by atoms with Crippen molar-refractivity contribution in [1.82, 2.24) is 14.8 Å². The quantitative estimate of drug-likeness (QED) is 0.853. The SMILES string of the molecule is CC(=O)N1CCN(C(=O)CCc2oc(C(C)(C)C)nc2C)CC1. The van der Waals surface area contributed by atoms with E-state index in [1.807, 2.05) is 11.8 Å². The molecule has 23 heavy (non-hydrogen) atoms. The molecule has 2 rings (SSSR count). The summed E-state index contributed by atoms with van der Waals surface area (Å²) in [6, 6.07) is 0. The maximum absolute atomic E-state index is 12.3. The van der Waals surface area contributed by atoms with Crippen molar-refractivity contribution in [1.29, 1.82) is 0 Å². The van der Waals surface area contributed by atoms with Crippen molar-refractivity contribution in [2.24, 2.45) is 0 Å². The van der Waals surface area contributed by atoms with Gasteiger partial charge in [-0.1, -0.05) is 20.8 Å². The Labute approximate surface area is 137 Å². The molecule has 0 aliphatic carbocycles. The number of carbonyl (C=O) groups is 2. The summed E-state index contributed by atoms with van der Waals surface area (Å²) in [5.74, 6) is 1.70.